The number of carbonyl (C=O) groups is 2. The number of likely N-dealkylation sites (tertiary alicyclic amines) is 1. The molecule has 1 aliphatic carbocycles. The van der Waals surface area contributed by atoms with Crippen LogP contribution in [0.1, 0.15) is 82.1 Å². The summed E-state index contributed by atoms with van der Waals surface area (Å²) in [4.78, 5) is 46.0. The second kappa shape index (κ2) is 11.7. The van der Waals surface area contributed by atoms with E-state index in [1.165, 1.54) is 12.8 Å². The van der Waals surface area contributed by atoms with Crippen LogP contribution in [-0.4, -0.2) is 65.9 Å². The van der Waals surface area contributed by atoms with E-state index in [0.29, 0.717) is 28.7 Å². The molecule has 2 aromatic rings. The van der Waals surface area contributed by atoms with Gasteiger partial charge in [0, 0.05) is 59.8 Å². The van der Waals surface area contributed by atoms with Crippen LogP contribution in [0, 0.1) is 26.7 Å². The summed E-state index contributed by atoms with van der Waals surface area (Å²) in [6.07, 6.45) is 5.68. The van der Waals surface area contributed by atoms with Gasteiger partial charge in [0.25, 0.3) is 17.4 Å². The lowest BCUT2D eigenvalue weighted by atomic mass is 9.81. The monoisotopic (exact) mass is 521 g/mol. The van der Waals surface area contributed by atoms with Crippen LogP contribution in [0.5, 0.6) is 0 Å². The quantitative estimate of drug-likeness (QED) is 0.488. The van der Waals surface area contributed by atoms with Crippen LogP contribution in [0.15, 0.2) is 23.0 Å². The van der Waals surface area contributed by atoms with Crippen molar-refractivity contribution in [2.24, 2.45) is 5.92 Å². The number of aromatic amines is 1. The largest absolute Gasteiger partial charge is 0.382 e. The highest BCUT2D eigenvalue weighted by atomic mass is 16.2. The summed E-state index contributed by atoms with van der Waals surface area (Å²) in [6.45, 7) is 9.46. The van der Waals surface area contributed by atoms with Crippen molar-refractivity contribution >= 4 is 17.5 Å². The van der Waals surface area contributed by atoms with Gasteiger partial charge in [-0.15, -0.1) is 0 Å². The number of hydrogen-bond acceptors (Lipinski definition) is 5. The van der Waals surface area contributed by atoms with E-state index in [2.05, 4.69) is 41.5 Å². The molecule has 2 amide bonds. The van der Waals surface area contributed by atoms with E-state index in [4.69, 9.17) is 0 Å². The molecule has 1 aromatic heterocycles. The molecule has 206 valence electrons. The van der Waals surface area contributed by atoms with Crippen molar-refractivity contribution in [2.45, 2.75) is 78.4 Å². The molecular formula is C30H43N5O3. The number of H-pyrrole nitrogens is 1. The van der Waals surface area contributed by atoms with E-state index in [1.807, 2.05) is 37.8 Å². The molecule has 1 unspecified atom stereocenters. The third kappa shape index (κ3) is 6.12. The molecule has 2 aliphatic rings. The van der Waals surface area contributed by atoms with Gasteiger partial charge in [0.1, 0.15) is 0 Å². The van der Waals surface area contributed by atoms with Gasteiger partial charge in [-0.05, 0) is 109 Å². The predicted molar refractivity (Wildman–Crippen MR) is 152 cm³/mol. The molecule has 4 rings (SSSR count). The van der Waals surface area contributed by atoms with E-state index >= 15 is 0 Å². The van der Waals surface area contributed by atoms with Gasteiger partial charge in [-0.2, -0.15) is 0 Å². The number of amides is 2. The minimum Gasteiger partial charge on any atom is -0.382 e. The SMILES string of the molecule is Cc1cc(C)c(CNC(=O)c2cc(C(=O)N3CCC3)cc(NC(C)C3CCC(N(C)C)CC3)c2C)c(=O)[nH]1. The van der Waals surface area contributed by atoms with Crippen molar-refractivity contribution in [1.82, 2.24) is 20.1 Å². The van der Waals surface area contributed by atoms with Gasteiger partial charge in [0.05, 0.1) is 0 Å². The van der Waals surface area contributed by atoms with Crippen molar-refractivity contribution in [1.29, 1.82) is 0 Å². The van der Waals surface area contributed by atoms with Crippen LogP contribution in [0.25, 0.3) is 0 Å². The molecule has 2 fully saturated rings. The Morgan fingerprint density at radius 3 is 2.34 bits per heavy atom. The molecule has 0 spiro atoms. The van der Waals surface area contributed by atoms with Gasteiger partial charge < -0.3 is 25.4 Å². The Bertz CT molecular complexity index is 1240. The predicted octanol–water partition coefficient (Wildman–Crippen LogP) is 4.00. The third-order valence-electron chi connectivity index (χ3n) is 8.52. The number of pyridine rings is 1. The Morgan fingerprint density at radius 1 is 1.08 bits per heavy atom. The standard InChI is InChI=1S/C30H43N5O3/c1-18-14-19(2)32-29(37)26(18)17-31-28(36)25-15-23(30(38)35-12-7-13-35)16-27(20(25)3)33-21(4)22-8-10-24(11-9-22)34(5)6/h14-16,21-22,24,33H,7-13,17H2,1-6H3,(H,31,36)(H,32,37). The molecule has 0 radical (unpaired) electrons. The average molecular weight is 522 g/mol. The molecule has 1 saturated carbocycles. The van der Waals surface area contributed by atoms with Crippen LogP contribution >= 0.6 is 0 Å². The van der Waals surface area contributed by atoms with E-state index in [9.17, 15) is 14.4 Å². The molecular weight excluding hydrogens is 478 g/mol. The minimum atomic E-state index is -0.290. The van der Waals surface area contributed by atoms with E-state index in [-0.39, 0.29) is 30.0 Å². The van der Waals surface area contributed by atoms with Gasteiger partial charge in [-0.25, -0.2) is 0 Å². The number of carbonyl (C=O) groups excluding carboxylic acids is 2. The van der Waals surface area contributed by atoms with Crippen LogP contribution in [0.3, 0.4) is 0 Å². The maximum Gasteiger partial charge on any atom is 0.253 e. The van der Waals surface area contributed by atoms with Gasteiger partial charge in [-0.1, -0.05) is 0 Å². The lowest BCUT2D eigenvalue weighted by molar-refractivity contribution is 0.0652. The van der Waals surface area contributed by atoms with E-state index in [1.54, 1.807) is 6.07 Å². The first-order valence-corrected chi connectivity index (χ1v) is 13.9. The smallest absolute Gasteiger partial charge is 0.253 e. The molecule has 3 N–H and O–H groups in total. The Labute approximate surface area is 226 Å². The Kier molecular flexibility index (Phi) is 8.61. The molecule has 38 heavy (non-hydrogen) atoms. The average Bonchev–Trinajstić information content (AvgIpc) is 2.83. The lowest BCUT2D eigenvalue weighted by Gasteiger charge is -2.36. The third-order valence-corrected chi connectivity index (χ3v) is 8.52. The highest BCUT2D eigenvalue weighted by molar-refractivity contribution is 6.02. The van der Waals surface area contributed by atoms with Crippen molar-refractivity contribution in [3.8, 4) is 0 Å². The number of benzene rings is 1. The fourth-order valence-corrected chi connectivity index (χ4v) is 5.77. The molecule has 1 atom stereocenters. The van der Waals surface area contributed by atoms with Crippen molar-refractivity contribution < 1.29 is 9.59 Å². The number of anilines is 1. The fraction of sp³-hybridized carbons (Fsp3) is 0.567. The first-order valence-electron chi connectivity index (χ1n) is 13.9. The number of aryl methyl sites for hydroxylation is 2. The number of rotatable bonds is 8. The van der Waals surface area contributed by atoms with Gasteiger partial charge in [-0.3, -0.25) is 14.4 Å². The summed E-state index contributed by atoms with van der Waals surface area (Å²) in [6, 6.07) is 6.36. The Balaban J connectivity index is 1.56. The first-order chi connectivity index (χ1) is 18.0. The summed E-state index contributed by atoms with van der Waals surface area (Å²) < 4.78 is 0. The van der Waals surface area contributed by atoms with E-state index in [0.717, 1.165) is 54.9 Å². The topological polar surface area (TPSA) is 97.5 Å². The summed E-state index contributed by atoms with van der Waals surface area (Å²) >= 11 is 0. The Morgan fingerprint density at radius 2 is 1.76 bits per heavy atom. The van der Waals surface area contributed by atoms with Crippen molar-refractivity contribution in [3.63, 3.8) is 0 Å². The maximum atomic E-state index is 13.4. The van der Waals surface area contributed by atoms with Crippen LogP contribution < -0.4 is 16.2 Å². The molecule has 1 saturated heterocycles. The molecule has 8 nitrogen and oxygen atoms in total. The lowest BCUT2D eigenvalue weighted by Crippen LogP contribution is -2.42. The zero-order chi connectivity index (χ0) is 27.6. The van der Waals surface area contributed by atoms with Gasteiger partial charge >= 0.3 is 0 Å². The van der Waals surface area contributed by atoms with Gasteiger partial charge in [0.2, 0.25) is 0 Å². The minimum absolute atomic E-state index is 0.0432. The number of hydrogen-bond donors (Lipinski definition) is 3. The summed E-state index contributed by atoms with van der Waals surface area (Å²) in [5, 5.41) is 6.59. The summed E-state index contributed by atoms with van der Waals surface area (Å²) in [5.41, 5.74) is 4.59. The maximum absolute atomic E-state index is 13.4. The van der Waals surface area contributed by atoms with E-state index < -0.39 is 0 Å². The molecule has 0 bridgehead atoms. The fourth-order valence-electron chi connectivity index (χ4n) is 5.77. The zero-order valence-corrected chi connectivity index (χ0v) is 23.7. The van der Waals surface area contributed by atoms with Crippen molar-refractivity contribution in [3.05, 3.63) is 62.1 Å². The summed E-state index contributed by atoms with van der Waals surface area (Å²) in [5.74, 6) is 0.203. The number of aromatic nitrogens is 1. The van der Waals surface area contributed by atoms with Crippen molar-refractivity contribution in [2.75, 3.05) is 32.5 Å². The molecule has 1 aromatic carbocycles. The second-order valence-corrected chi connectivity index (χ2v) is 11.4. The second-order valence-electron chi connectivity index (χ2n) is 11.4. The molecule has 8 heteroatoms. The summed E-state index contributed by atoms with van der Waals surface area (Å²) in [7, 11) is 4.30. The highest BCUT2D eigenvalue weighted by Gasteiger charge is 2.28. The molecule has 2 heterocycles. The van der Waals surface area contributed by atoms with Gasteiger partial charge in [0.15, 0.2) is 0 Å². The van der Waals surface area contributed by atoms with Crippen LogP contribution in [0.2, 0.25) is 0 Å². The van der Waals surface area contributed by atoms with Crippen LogP contribution in [-0.2, 0) is 6.54 Å². The number of nitrogens with one attached hydrogen (secondary N) is 3. The first kappa shape index (κ1) is 27.9. The molecule has 1 aliphatic heterocycles. The zero-order valence-electron chi connectivity index (χ0n) is 23.7. The Hall–Kier alpha value is -3.13. The number of nitrogens with zero attached hydrogens (tertiary/aromatic N) is 2. The highest BCUT2D eigenvalue weighted by Crippen LogP contribution is 2.32. The van der Waals surface area contributed by atoms with Crippen LogP contribution in [0.4, 0.5) is 5.69 Å². The normalized spacial score (nSPS) is 20.1.